The number of benzene rings is 2. The molecule has 0 radical (unpaired) electrons. The van der Waals surface area contributed by atoms with Crippen LogP contribution in [0, 0.1) is 5.82 Å². The zero-order chi connectivity index (χ0) is 18.7. The first-order valence-electron chi connectivity index (χ1n) is 8.10. The van der Waals surface area contributed by atoms with E-state index < -0.39 is 18.0 Å². The third-order valence-electron chi connectivity index (χ3n) is 3.99. The van der Waals surface area contributed by atoms with Crippen LogP contribution in [0.3, 0.4) is 0 Å². The second-order valence-electron chi connectivity index (χ2n) is 5.90. The van der Waals surface area contributed by atoms with Gasteiger partial charge in [-0.15, -0.1) is 0 Å². The minimum atomic E-state index is -0.990. The number of fused-ring (bicyclic) bond motifs is 1. The van der Waals surface area contributed by atoms with Gasteiger partial charge in [-0.3, -0.25) is 4.79 Å². The number of rotatable bonds is 5. The van der Waals surface area contributed by atoms with E-state index in [0.29, 0.717) is 11.5 Å². The largest absolute Gasteiger partial charge is 0.454 e. The Morgan fingerprint density at radius 2 is 1.77 bits per heavy atom. The lowest BCUT2D eigenvalue weighted by molar-refractivity contribution is -0.129. The maximum absolute atomic E-state index is 13.0. The van der Waals surface area contributed by atoms with E-state index in [0.717, 1.165) is 5.56 Å². The number of ether oxygens (including phenoxy) is 3. The molecule has 136 valence electrons. The number of nitrogens with one attached hydrogen (secondary N) is 1. The van der Waals surface area contributed by atoms with Crippen LogP contribution in [0.2, 0.25) is 0 Å². The molecular formula is C19H18FNO5. The van der Waals surface area contributed by atoms with Gasteiger partial charge in [-0.2, -0.15) is 0 Å². The van der Waals surface area contributed by atoms with E-state index >= 15 is 0 Å². The zero-order valence-electron chi connectivity index (χ0n) is 14.3. The van der Waals surface area contributed by atoms with Crippen molar-refractivity contribution in [3.8, 4) is 11.5 Å². The van der Waals surface area contributed by atoms with Crippen molar-refractivity contribution in [2.24, 2.45) is 0 Å². The molecule has 0 aliphatic carbocycles. The summed E-state index contributed by atoms with van der Waals surface area (Å²) in [6, 6.07) is 10.1. The van der Waals surface area contributed by atoms with Crippen molar-refractivity contribution in [3.63, 3.8) is 0 Å². The summed E-state index contributed by atoms with van der Waals surface area (Å²) in [5.74, 6) is -0.420. The highest BCUT2D eigenvalue weighted by molar-refractivity contribution is 5.93. The van der Waals surface area contributed by atoms with Crippen LogP contribution in [-0.2, 0) is 9.53 Å². The summed E-state index contributed by atoms with van der Waals surface area (Å²) in [6.45, 7) is 3.35. The van der Waals surface area contributed by atoms with Gasteiger partial charge in [-0.25, -0.2) is 9.18 Å². The smallest absolute Gasteiger partial charge is 0.339 e. The van der Waals surface area contributed by atoms with Crippen molar-refractivity contribution in [3.05, 3.63) is 59.4 Å². The molecule has 2 aromatic rings. The fraction of sp³-hybridized carbons (Fsp3) is 0.263. The second-order valence-corrected chi connectivity index (χ2v) is 5.90. The monoisotopic (exact) mass is 359 g/mol. The Kier molecular flexibility index (Phi) is 5.06. The summed E-state index contributed by atoms with van der Waals surface area (Å²) in [7, 11) is 0. The van der Waals surface area contributed by atoms with E-state index in [2.05, 4.69) is 5.32 Å². The van der Waals surface area contributed by atoms with Crippen LogP contribution in [0.15, 0.2) is 42.5 Å². The molecule has 1 aliphatic heterocycles. The zero-order valence-corrected chi connectivity index (χ0v) is 14.3. The number of halogens is 1. The van der Waals surface area contributed by atoms with Crippen LogP contribution < -0.4 is 14.8 Å². The molecule has 0 aromatic heterocycles. The fourth-order valence-electron chi connectivity index (χ4n) is 2.47. The summed E-state index contributed by atoms with van der Waals surface area (Å²) in [4.78, 5) is 24.5. The Balaban J connectivity index is 1.58. The highest BCUT2D eigenvalue weighted by Crippen LogP contribution is 2.32. The van der Waals surface area contributed by atoms with Crippen molar-refractivity contribution in [1.29, 1.82) is 0 Å². The fourth-order valence-corrected chi connectivity index (χ4v) is 2.47. The number of amides is 1. The van der Waals surface area contributed by atoms with Crippen LogP contribution in [-0.4, -0.2) is 24.8 Å². The molecule has 1 amide bonds. The van der Waals surface area contributed by atoms with Gasteiger partial charge in [-0.1, -0.05) is 12.1 Å². The molecule has 1 aliphatic rings. The van der Waals surface area contributed by atoms with E-state index in [4.69, 9.17) is 14.2 Å². The van der Waals surface area contributed by atoms with Crippen molar-refractivity contribution in [1.82, 2.24) is 5.32 Å². The highest BCUT2D eigenvalue weighted by atomic mass is 19.1. The molecule has 3 rings (SSSR count). The van der Waals surface area contributed by atoms with E-state index in [1.54, 1.807) is 31.2 Å². The van der Waals surface area contributed by atoms with Gasteiger partial charge in [0.1, 0.15) is 5.82 Å². The minimum Gasteiger partial charge on any atom is -0.454 e. The van der Waals surface area contributed by atoms with Gasteiger partial charge in [-0.05, 0) is 49.7 Å². The Hall–Kier alpha value is -3.09. The molecule has 1 N–H and O–H groups in total. The first-order chi connectivity index (χ1) is 12.4. The van der Waals surface area contributed by atoms with Gasteiger partial charge in [0.25, 0.3) is 5.91 Å². The number of carbonyl (C=O) groups is 2. The molecule has 6 nitrogen and oxygen atoms in total. The molecular weight excluding hydrogens is 341 g/mol. The number of hydrogen-bond acceptors (Lipinski definition) is 5. The average molecular weight is 359 g/mol. The SMILES string of the molecule is C[C@H](OC(=O)c1ccc2c(c1)OCO2)C(=O)N[C@H](C)c1ccc(F)cc1. The number of carbonyl (C=O) groups excluding carboxylic acids is 2. The first-order valence-corrected chi connectivity index (χ1v) is 8.10. The van der Waals surface area contributed by atoms with Gasteiger partial charge in [0.05, 0.1) is 11.6 Å². The third kappa shape index (κ3) is 3.93. The molecule has 0 spiro atoms. The van der Waals surface area contributed by atoms with Gasteiger partial charge < -0.3 is 19.5 Å². The Morgan fingerprint density at radius 3 is 2.50 bits per heavy atom. The molecule has 0 saturated carbocycles. The first kappa shape index (κ1) is 17.7. The lowest BCUT2D eigenvalue weighted by Gasteiger charge is -2.18. The van der Waals surface area contributed by atoms with Crippen molar-refractivity contribution in [2.45, 2.75) is 26.0 Å². The average Bonchev–Trinajstić information content (AvgIpc) is 3.09. The number of hydrogen-bond donors (Lipinski definition) is 1. The van der Waals surface area contributed by atoms with Gasteiger partial charge in [0.2, 0.25) is 6.79 Å². The molecule has 2 atom stereocenters. The summed E-state index contributed by atoms with van der Waals surface area (Å²) in [5.41, 5.74) is 1.01. The topological polar surface area (TPSA) is 73.9 Å². The molecule has 1 heterocycles. The normalized spacial score (nSPS) is 14.4. The summed E-state index contributed by atoms with van der Waals surface area (Å²) < 4.78 is 28.6. The van der Waals surface area contributed by atoms with Crippen LogP contribution >= 0.6 is 0 Å². The Morgan fingerprint density at radius 1 is 1.08 bits per heavy atom. The number of esters is 1. The maximum Gasteiger partial charge on any atom is 0.339 e. The standard InChI is InChI=1S/C19H18FNO5/c1-11(13-3-6-15(20)7-4-13)21-18(22)12(2)26-19(23)14-5-8-16-17(9-14)25-10-24-16/h3-9,11-12H,10H2,1-2H3,(H,21,22)/t11-,12+/m1/s1. The summed E-state index contributed by atoms with van der Waals surface area (Å²) in [5, 5.41) is 2.73. The van der Waals surface area contributed by atoms with E-state index in [-0.39, 0.29) is 24.2 Å². The minimum absolute atomic E-state index is 0.105. The molecule has 2 aromatic carbocycles. The van der Waals surface area contributed by atoms with E-state index in [1.807, 2.05) is 0 Å². The van der Waals surface area contributed by atoms with E-state index in [9.17, 15) is 14.0 Å². The predicted molar refractivity (Wildman–Crippen MR) is 90.4 cm³/mol. The lowest BCUT2D eigenvalue weighted by Crippen LogP contribution is -2.37. The van der Waals surface area contributed by atoms with Gasteiger partial charge in [0, 0.05) is 0 Å². The molecule has 0 unspecified atom stereocenters. The van der Waals surface area contributed by atoms with Crippen LogP contribution in [0.1, 0.15) is 35.8 Å². The molecule has 26 heavy (non-hydrogen) atoms. The Bertz CT molecular complexity index is 821. The molecule has 0 saturated heterocycles. The van der Waals surface area contributed by atoms with Crippen LogP contribution in [0.25, 0.3) is 0 Å². The lowest BCUT2D eigenvalue weighted by atomic mass is 10.1. The molecule has 0 fully saturated rings. The molecule has 0 bridgehead atoms. The van der Waals surface area contributed by atoms with Gasteiger partial charge >= 0.3 is 5.97 Å². The van der Waals surface area contributed by atoms with Crippen molar-refractivity contribution >= 4 is 11.9 Å². The van der Waals surface area contributed by atoms with Crippen molar-refractivity contribution < 1.29 is 28.2 Å². The summed E-state index contributed by atoms with van der Waals surface area (Å²) in [6.07, 6.45) is -0.990. The predicted octanol–water partition coefficient (Wildman–Crippen LogP) is 2.98. The van der Waals surface area contributed by atoms with Crippen LogP contribution in [0.5, 0.6) is 11.5 Å². The third-order valence-corrected chi connectivity index (χ3v) is 3.99. The highest BCUT2D eigenvalue weighted by Gasteiger charge is 2.22. The van der Waals surface area contributed by atoms with Crippen molar-refractivity contribution in [2.75, 3.05) is 6.79 Å². The van der Waals surface area contributed by atoms with Crippen LogP contribution in [0.4, 0.5) is 4.39 Å². The molecule has 7 heteroatoms. The van der Waals surface area contributed by atoms with E-state index in [1.165, 1.54) is 25.1 Å². The quantitative estimate of drug-likeness (QED) is 0.831. The summed E-state index contributed by atoms with van der Waals surface area (Å²) >= 11 is 0. The second kappa shape index (κ2) is 7.43. The maximum atomic E-state index is 13.0. The van der Waals surface area contributed by atoms with Gasteiger partial charge in [0.15, 0.2) is 17.6 Å². The Labute approximate surface area is 149 Å².